The van der Waals surface area contributed by atoms with Crippen molar-refractivity contribution in [2.75, 3.05) is 47.8 Å². The molecule has 0 atom stereocenters. The van der Waals surface area contributed by atoms with Gasteiger partial charge in [0, 0.05) is 32.7 Å². The van der Waals surface area contributed by atoms with Gasteiger partial charge in [-0.15, -0.1) is 0 Å². The van der Waals surface area contributed by atoms with Gasteiger partial charge in [0.05, 0.1) is 0 Å². The maximum atomic E-state index is 4.75. The molecule has 0 bridgehead atoms. The smallest absolute Gasteiger partial charge is 0.231 e. The molecule has 2 fully saturated rings. The Morgan fingerprint density at radius 1 is 0.762 bits per heavy atom. The molecule has 2 saturated heterocycles. The van der Waals surface area contributed by atoms with E-state index in [2.05, 4.69) is 32.0 Å². The van der Waals surface area contributed by atoms with E-state index in [-0.39, 0.29) is 0 Å². The molecule has 6 nitrogen and oxygen atoms in total. The standard InChI is InChI=1S/C15H26N6/c1-2-16-13-17-14(20-9-5-3-4-6-10-20)19-15(18-13)21-11-7-8-12-21/h2-12H2,1H3,(H,16,17,18,19). The molecular formula is C15H26N6. The first kappa shape index (κ1) is 14.4. The van der Waals surface area contributed by atoms with Crippen LogP contribution in [-0.2, 0) is 0 Å². The van der Waals surface area contributed by atoms with Crippen molar-refractivity contribution in [3.05, 3.63) is 0 Å². The van der Waals surface area contributed by atoms with Gasteiger partial charge in [-0.3, -0.25) is 0 Å². The molecule has 2 aliphatic heterocycles. The molecule has 0 saturated carbocycles. The van der Waals surface area contributed by atoms with Crippen LogP contribution in [0, 0.1) is 0 Å². The molecule has 1 aromatic rings. The van der Waals surface area contributed by atoms with Gasteiger partial charge in [-0.05, 0) is 32.6 Å². The average Bonchev–Trinajstić information content (AvgIpc) is 2.90. The number of nitrogens with zero attached hydrogens (tertiary/aromatic N) is 5. The molecule has 3 rings (SSSR count). The number of rotatable bonds is 4. The lowest BCUT2D eigenvalue weighted by atomic mass is 10.2. The molecule has 0 amide bonds. The molecule has 1 aromatic heterocycles. The second kappa shape index (κ2) is 6.91. The topological polar surface area (TPSA) is 57.2 Å². The molecule has 0 unspecified atom stereocenters. The van der Waals surface area contributed by atoms with Crippen LogP contribution in [0.2, 0.25) is 0 Å². The first-order valence-corrected chi connectivity index (χ1v) is 8.36. The molecular weight excluding hydrogens is 264 g/mol. The van der Waals surface area contributed by atoms with Gasteiger partial charge < -0.3 is 15.1 Å². The van der Waals surface area contributed by atoms with Crippen molar-refractivity contribution in [2.45, 2.75) is 45.4 Å². The number of hydrogen-bond acceptors (Lipinski definition) is 6. The first-order chi connectivity index (χ1) is 10.4. The summed E-state index contributed by atoms with van der Waals surface area (Å²) in [5.74, 6) is 2.41. The fourth-order valence-electron chi connectivity index (χ4n) is 3.06. The van der Waals surface area contributed by atoms with Crippen molar-refractivity contribution >= 4 is 17.8 Å². The van der Waals surface area contributed by atoms with Crippen molar-refractivity contribution in [3.8, 4) is 0 Å². The molecule has 0 radical (unpaired) electrons. The van der Waals surface area contributed by atoms with Crippen molar-refractivity contribution in [3.63, 3.8) is 0 Å². The first-order valence-electron chi connectivity index (χ1n) is 8.36. The monoisotopic (exact) mass is 290 g/mol. The maximum absolute atomic E-state index is 4.75. The van der Waals surface area contributed by atoms with E-state index < -0.39 is 0 Å². The highest BCUT2D eigenvalue weighted by Crippen LogP contribution is 2.22. The molecule has 2 aliphatic rings. The van der Waals surface area contributed by atoms with Crippen molar-refractivity contribution in [1.82, 2.24) is 15.0 Å². The van der Waals surface area contributed by atoms with Crippen LogP contribution in [0.1, 0.15) is 45.4 Å². The number of nitrogens with one attached hydrogen (secondary N) is 1. The number of hydrogen-bond donors (Lipinski definition) is 1. The lowest BCUT2D eigenvalue weighted by Crippen LogP contribution is -2.29. The Hall–Kier alpha value is -1.59. The molecule has 0 aromatic carbocycles. The van der Waals surface area contributed by atoms with E-state index in [0.29, 0.717) is 5.95 Å². The Balaban J connectivity index is 1.86. The van der Waals surface area contributed by atoms with Crippen molar-refractivity contribution in [2.24, 2.45) is 0 Å². The van der Waals surface area contributed by atoms with Crippen LogP contribution in [0.15, 0.2) is 0 Å². The molecule has 0 spiro atoms. The van der Waals surface area contributed by atoms with E-state index >= 15 is 0 Å². The van der Waals surface area contributed by atoms with Gasteiger partial charge >= 0.3 is 0 Å². The summed E-state index contributed by atoms with van der Waals surface area (Å²) in [6, 6.07) is 0. The molecule has 21 heavy (non-hydrogen) atoms. The van der Waals surface area contributed by atoms with Gasteiger partial charge in [-0.1, -0.05) is 12.8 Å². The van der Waals surface area contributed by atoms with Gasteiger partial charge in [-0.25, -0.2) is 0 Å². The van der Waals surface area contributed by atoms with E-state index in [1.54, 1.807) is 0 Å². The van der Waals surface area contributed by atoms with E-state index in [1.807, 2.05) is 0 Å². The highest BCUT2D eigenvalue weighted by molar-refractivity contribution is 5.45. The fourth-order valence-corrected chi connectivity index (χ4v) is 3.06. The quantitative estimate of drug-likeness (QED) is 0.918. The summed E-state index contributed by atoms with van der Waals surface area (Å²) in [6.45, 7) is 7.17. The van der Waals surface area contributed by atoms with Crippen LogP contribution in [0.4, 0.5) is 17.8 Å². The summed E-state index contributed by atoms with van der Waals surface area (Å²) in [5.41, 5.74) is 0. The van der Waals surface area contributed by atoms with Crippen LogP contribution in [0.3, 0.4) is 0 Å². The number of anilines is 3. The second-order valence-corrected chi connectivity index (χ2v) is 5.88. The van der Waals surface area contributed by atoms with Gasteiger partial charge in [0.2, 0.25) is 17.8 Å². The predicted octanol–water partition coefficient (Wildman–Crippen LogP) is 2.28. The minimum atomic E-state index is 0.716. The summed E-state index contributed by atoms with van der Waals surface area (Å²) in [7, 11) is 0. The Bertz CT molecular complexity index is 449. The molecule has 116 valence electrons. The zero-order valence-electron chi connectivity index (χ0n) is 13.0. The highest BCUT2D eigenvalue weighted by Gasteiger charge is 2.20. The van der Waals surface area contributed by atoms with Crippen molar-refractivity contribution in [1.29, 1.82) is 0 Å². The summed E-state index contributed by atoms with van der Waals surface area (Å²) < 4.78 is 0. The minimum Gasteiger partial charge on any atom is -0.354 e. The molecule has 6 heteroatoms. The third kappa shape index (κ3) is 3.54. The minimum absolute atomic E-state index is 0.716. The van der Waals surface area contributed by atoms with E-state index in [9.17, 15) is 0 Å². The zero-order valence-corrected chi connectivity index (χ0v) is 13.0. The molecule has 1 N–H and O–H groups in total. The predicted molar refractivity (Wildman–Crippen MR) is 86.1 cm³/mol. The van der Waals surface area contributed by atoms with Gasteiger partial charge in [0.1, 0.15) is 0 Å². The van der Waals surface area contributed by atoms with E-state index in [0.717, 1.165) is 44.6 Å². The SMILES string of the molecule is CCNc1nc(N2CCCCCC2)nc(N2CCCC2)n1. The molecule has 0 aliphatic carbocycles. The Kier molecular flexibility index (Phi) is 4.72. The van der Waals surface area contributed by atoms with E-state index in [4.69, 9.17) is 4.98 Å². The van der Waals surface area contributed by atoms with Crippen LogP contribution in [0.25, 0.3) is 0 Å². The molecule has 3 heterocycles. The second-order valence-electron chi connectivity index (χ2n) is 5.88. The highest BCUT2D eigenvalue weighted by atomic mass is 15.4. The zero-order chi connectivity index (χ0) is 14.5. The summed E-state index contributed by atoms with van der Waals surface area (Å²) in [4.78, 5) is 18.6. The summed E-state index contributed by atoms with van der Waals surface area (Å²) in [5, 5.41) is 3.25. The Morgan fingerprint density at radius 3 is 1.71 bits per heavy atom. The van der Waals surface area contributed by atoms with Crippen LogP contribution >= 0.6 is 0 Å². The third-order valence-corrected chi connectivity index (χ3v) is 4.22. The fraction of sp³-hybridized carbons (Fsp3) is 0.800. The normalized spacial score (nSPS) is 19.7. The maximum Gasteiger partial charge on any atom is 0.231 e. The third-order valence-electron chi connectivity index (χ3n) is 4.22. The largest absolute Gasteiger partial charge is 0.354 e. The van der Waals surface area contributed by atoms with Crippen LogP contribution in [-0.4, -0.2) is 47.7 Å². The number of aromatic nitrogens is 3. The van der Waals surface area contributed by atoms with E-state index in [1.165, 1.54) is 38.5 Å². The lowest BCUT2D eigenvalue weighted by Gasteiger charge is -2.23. The average molecular weight is 290 g/mol. The van der Waals surface area contributed by atoms with Crippen molar-refractivity contribution < 1.29 is 0 Å². The van der Waals surface area contributed by atoms with Gasteiger partial charge in [0.25, 0.3) is 0 Å². The van der Waals surface area contributed by atoms with Crippen LogP contribution < -0.4 is 15.1 Å². The van der Waals surface area contributed by atoms with Gasteiger partial charge in [-0.2, -0.15) is 15.0 Å². The Morgan fingerprint density at radius 2 is 1.24 bits per heavy atom. The summed E-state index contributed by atoms with van der Waals surface area (Å²) in [6.07, 6.45) is 7.59. The summed E-state index contributed by atoms with van der Waals surface area (Å²) >= 11 is 0. The Labute approximate surface area is 127 Å². The van der Waals surface area contributed by atoms with Gasteiger partial charge in [0.15, 0.2) is 0 Å². The lowest BCUT2D eigenvalue weighted by molar-refractivity contribution is 0.726. The van der Waals surface area contributed by atoms with Crippen LogP contribution in [0.5, 0.6) is 0 Å².